The molecule has 0 bridgehead atoms. The molecule has 2 amide bonds. The molecule has 1 spiro atoms. The first kappa shape index (κ1) is 16.9. The van der Waals surface area contributed by atoms with Crippen molar-refractivity contribution in [2.24, 2.45) is 5.41 Å². The van der Waals surface area contributed by atoms with Gasteiger partial charge in [0.05, 0.1) is 5.51 Å². The van der Waals surface area contributed by atoms with Crippen LogP contribution in [0.4, 0.5) is 0 Å². The third-order valence-corrected chi connectivity index (χ3v) is 5.87. The topological polar surface area (TPSA) is 90.8 Å². The maximum Gasteiger partial charge on any atom is 0.326 e. The Morgan fingerprint density at radius 3 is 2.62 bits per heavy atom. The number of carboxylic acids is 1. The highest BCUT2D eigenvalue weighted by Crippen LogP contribution is 2.41. The summed E-state index contributed by atoms with van der Waals surface area (Å²) in [4.78, 5) is 43.1. The molecule has 8 heteroatoms. The fraction of sp³-hybridized carbons (Fsp3) is 0.625. The van der Waals surface area contributed by atoms with Crippen molar-refractivity contribution < 1.29 is 19.5 Å². The molecule has 2 saturated heterocycles. The smallest absolute Gasteiger partial charge is 0.326 e. The fourth-order valence-electron chi connectivity index (χ4n) is 3.60. The van der Waals surface area contributed by atoms with Gasteiger partial charge in [0, 0.05) is 31.4 Å². The van der Waals surface area contributed by atoms with Gasteiger partial charge in [0.1, 0.15) is 11.7 Å². The molecule has 130 valence electrons. The van der Waals surface area contributed by atoms with Crippen LogP contribution in [0.1, 0.15) is 43.1 Å². The maximum absolute atomic E-state index is 12.4. The van der Waals surface area contributed by atoms with E-state index in [9.17, 15) is 19.5 Å². The van der Waals surface area contributed by atoms with Gasteiger partial charge in [-0.2, -0.15) is 0 Å². The number of piperidine rings is 2. The van der Waals surface area contributed by atoms with Crippen LogP contribution in [0, 0.1) is 5.41 Å². The summed E-state index contributed by atoms with van der Waals surface area (Å²) in [6.07, 6.45) is 2.74. The number of aliphatic carboxylic acids is 1. The average molecular weight is 351 g/mol. The minimum Gasteiger partial charge on any atom is -0.480 e. The number of aromatic nitrogens is 1. The standard InChI is InChI=1S/C16H21N3O4S/c1-11(15(22)23)19-9-16(3-2-13(19)20)4-6-18(7-5-16)14(21)12-8-24-10-17-12/h8,10-11H,2-7,9H2,1H3,(H,22,23). The normalized spacial score (nSPS) is 21.8. The Kier molecular flexibility index (Phi) is 4.58. The predicted molar refractivity (Wildman–Crippen MR) is 87.7 cm³/mol. The Labute approximate surface area is 144 Å². The van der Waals surface area contributed by atoms with Crippen LogP contribution in [0.2, 0.25) is 0 Å². The molecule has 2 aliphatic rings. The molecular weight excluding hydrogens is 330 g/mol. The van der Waals surface area contributed by atoms with Crippen LogP contribution in [-0.4, -0.2) is 63.4 Å². The number of likely N-dealkylation sites (tertiary alicyclic amines) is 2. The van der Waals surface area contributed by atoms with E-state index in [2.05, 4.69) is 4.98 Å². The molecule has 0 aromatic carbocycles. The quantitative estimate of drug-likeness (QED) is 0.890. The first-order valence-corrected chi connectivity index (χ1v) is 9.06. The van der Waals surface area contributed by atoms with Gasteiger partial charge in [-0.1, -0.05) is 0 Å². The molecule has 0 saturated carbocycles. The highest BCUT2D eigenvalue weighted by Gasteiger charge is 2.44. The molecule has 1 N–H and O–H groups in total. The Bertz CT molecular complexity index is 638. The summed E-state index contributed by atoms with van der Waals surface area (Å²) in [5.41, 5.74) is 2.06. The second-order valence-electron chi connectivity index (χ2n) is 6.70. The van der Waals surface area contributed by atoms with Gasteiger partial charge in [-0.05, 0) is 31.6 Å². The highest BCUT2D eigenvalue weighted by atomic mass is 32.1. The van der Waals surface area contributed by atoms with Gasteiger partial charge in [-0.25, -0.2) is 9.78 Å². The SMILES string of the molecule is CC(C(=O)O)N1CC2(CCC1=O)CCN(C(=O)c1cscn1)CC2. The minimum atomic E-state index is -0.975. The van der Waals surface area contributed by atoms with E-state index in [4.69, 9.17) is 0 Å². The molecule has 0 aliphatic carbocycles. The van der Waals surface area contributed by atoms with Crippen LogP contribution < -0.4 is 0 Å². The second kappa shape index (κ2) is 6.51. The first-order valence-electron chi connectivity index (χ1n) is 8.12. The fourth-order valence-corrected chi connectivity index (χ4v) is 4.13. The van der Waals surface area contributed by atoms with E-state index in [0.717, 1.165) is 19.3 Å². The van der Waals surface area contributed by atoms with Crippen molar-refractivity contribution >= 4 is 29.1 Å². The zero-order chi connectivity index (χ0) is 17.3. The molecule has 24 heavy (non-hydrogen) atoms. The third kappa shape index (κ3) is 3.15. The largest absolute Gasteiger partial charge is 0.480 e. The van der Waals surface area contributed by atoms with Crippen LogP contribution in [0.15, 0.2) is 10.9 Å². The lowest BCUT2D eigenvalue weighted by Crippen LogP contribution is -2.55. The van der Waals surface area contributed by atoms with Crippen molar-refractivity contribution in [1.82, 2.24) is 14.8 Å². The summed E-state index contributed by atoms with van der Waals surface area (Å²) >= 11 is 1.40. The van der Waals surface area contributed by atoms with E-state index >= 15 is 0 Å². The molecule has 3 rings (SSSR count). The van der Waals surface area contributed by atoms with Crippen molar-refractivity contribution in [1.29, 1.82) is 0 Å². The molecule has 1 aromatic heterocycles. The Morgan fingerprint density at radius 2 is 2.04 bits per heavy atom. The van der Waals surface area contributed by atoms with Gasteiger partial charge in [0.2, 0.25) is 5.91 Å². The van der Waals surface area contributed by atoms with Crippen LogP contribution >= 0.6 is 11.3 Å². The summed E-state index contributed by atoms with van der Waals surface area (Å²) in [5.74, 6) is -1.11. The summed E-state index contributed by atoms with van der Waals surface area (Å²) in [6, 6.07) is -0.802. The van der Waals surface area contributed by atoms with Gasteiger partial charge in [0.25, 0.3) is 5.91 Å². The zero-order valence-corrected chi connectivity index (χ0v) is 14.4. The van der Waals surface area contributed by atoms with E-state index < -0.39 is 12.0 Å². The van der Waals surface area contributed by atoms with Gasteiger partial charge >= 0.3 is 5.97 Å². The minimum absolute atomic E-state index is 0.0475. The molecule has 2 aliphatic heterocycles. The van der Waals surface area contributed by atoms with Gasteiger partial charge < -0.3 is 14.9 Å². The lowest BCUT2D eigenvalue weighted by atomic mass is 9.72. The van der Waals surface area contributed by atoms with Gasteiger partial charge in [0.15, 0.2) is 0 Å². The summed E-state index contributed by atoms with van der Waals surface area (Å²) in [6.45, 7) is 3.28. The number of carbonyl (C=O) groups is 3. The van der Waals surface area contributed by atoms with Crippen LogP contribution in [-0.2, 0) is 9.59 Å². The van der Waals surface area contributed by atoms with Crippen molar-refractivity contribution in [2.75, 3.05) is 19.6 Å². The number of carboxylic acid groups (broad SMARTS) is 1. The van der Waals surface area contributed by atoms with Crippen molar-refractivity contribution in [3.05, 3.63) is 16.6 Å². The number of nitrogens with zero attached hydrogens (tertiary/aromatic N) is 3. The number of carbonyl (C=O) groups excluding carboxylic acids is 2. The lowest BCUT2D eigenvalue weighted by Gasteiger charge is -2.48. The van der Waals surface area contributed by atoms with Crippen molar-refractivity contribution in [2.45, 2.75) is 38.6 Å². The van der Waals surface area contributed by atoms with Crippen LogP contribution in [0.5, 0.6) is 0 Å². The molecule has 0 radical (unpaired) electrons. The second-order valence-corrected chi connectivity index (χ2v) is 7.42. The molecule has 1 aromatic rings. The molecule has 1 unspecified atom stereocenters. The maximum atomic E-state index is 12.4. The first-order chi connectivity index (χ1) is 11.4. The van der Waals surface area contributed by atoms with Gasteiger partial charge in [-0.15, -0.1) is 11.3 Å². The average Bonchev–Trinajstić information content (AvgIpc) is 3.11. The van der Waals surface area contributed by atoms with E-state index in [-0.39, 0.29) is 17.2 Å². The summed E-state index contributed by atoms with van der Waals surface area (Å²) in [7, 11) is 0. The van der Waals surface area contributed by atoms with E-state index in [1.165, 1.54) is 16.2 Å². The van der Waals surface area contributed by atoms with Crippen molar-refractivity contribution in [3.8, 4) is 0 Å². The highest BCUT2D eigenvalue weighted by molar-refractivity contribution is 7.07. The number of amides is 2. The Morgan fingerprint density at radius 1 is 1.33 bits per heavy atom. The van der Waals surface area contributed by atoms with E-state index in [0.29, 0.717) is 31.7 Å². The van der Waals surface area contributed by atoms with Crippen LogP contribution in [0.25, 0.3) is 0 Å². The molecule has 7 nitrogen and oxygen atoms in total. The molecular formula is C16H21N3O4S. The summed E-state index contributed by atoms with van der Waals surface area (Å²) < 4.78 is 0. The molecule has 2 fully saturated rings. The zero-order valence-electron chi connectivity index (χ0n) is 13.6. The van der Waals surface area contributed by atoms with Crippen LogP contribution in [0.3, 0.4) is 0 Å². The van der Waals surface area contributed by atoms with E-state index in [1.54, 1.807) is 17.8 Å². The predicted octanol–water partition coefficient (Wildman–Crippen LogP) is 1.46. The lowest BCUT2D eigenvalue weighted by molar-refractivity contribution is -0.154. The number of hydrogen-bond donors (Lipinski definition) is 1. The number of hydrogen-bond acceptors (Lipinski definition) is 5. The van der Waals surface area contributed by atoms with Crippen molar-refractivity contribution in [3.63, 3.8) is 0 Å². The third-order valence-electron chi connectivity index (χ3n) is 5.28. The monoisotopic (exact) mass is 351 g/mol. The number of rotatable bonds is 3. The van der Waals surface area contributed by atoms with E-state index in [1.807, 2.05) is 4.90 Å². The molecule has 1 atom stereocenters. The Hall–Kier alpha value is -1.96. The van der Waals surface area contributed by atoms with Gasteiger partial charge in [-0.3, -0.25) is 9.59 Å². The molecule has 3 heterocycles. The summed E-state index contributed by atoms with van der Waals surface area (Å²) in [5, 5.41) is 11.0. The number of thiazole rings is 1. The Balaban J connectivity index is 1.65.